The number of aliphatic hydroxyl groups excluding tert-OH is 2. The molecule has 1 saturated heterocycles. The third-order valence-corrected chi connectivity index (χ3v) is 4.39. The highest BCUT2D eigenvalue weighted by atomic mass is 32.4. The van der Waals surface area contributed by atoms with E-state index in [4.69, 9.17) is 14.6 Å². The average Bonchev–Trinajstić information content (AvgIpc) is 2.63. The molecule has 1 heterocycles. The minimum atomic E-state index is -4.47. The fourth-order valence-corrected chi connectivity index (χ4v) is 3.29. The predicted molar refractivity (Wildman–Crippen MR) is 63.8 cm³/mol. The maximum atomic E-state index is 11.4. The highest BCUT2D eigenvalue weighted by Crippen LogP contribution is 2.50. The van der Waals surface area contributed by atoms with Crippen LogP contribution in [0.3, 0.4) is 0 Å². The predicted octanol–water partition coefficient (Wildman–Crippen LogP) is -0.895. The zero-order valence-corrected chi connectivity index (χ0v) is 12.0. The number of ether oxygens (including phenoxy) is 2. The number of carbonyl (C=O) groups excluding carboxylic acids is 1. The molecule has 19 heavy (non-hydrogen) atoms. The van der Waals surface area contributed by atoms with E-state index in [-0.39, 0.29) is 14.2 Å². The largest absolute Gasteiger partial charge is 0.481 e. The van der Waals surface area contributed by atoms with Gasteiger partial charge in [0.25, 0.3) is 0 Å². The summed E-state index contributed by atoms with van der Waals surface area (Å²) in [5, 5.41) is 18.8. The molecule has 0 radical (unpaired) electrons. The van der Waals surface area contributed by atoms with Crippen LogP contribution in [-0.2, 0) is 39.5 Å². The summed E-state index contributed by atoms with van der Waals surface area (Å²) in [7, 11) is -4.73. The molecule has 1 rings (SSSR count). The maximum absolute atomic E-state index is 11.4. The van der Waals surface area contributed by atoms with Crippen LogP contribution in [0, 0.1) is 0 Å². The quantitative estimate of drug-likeness (QED) is 0.379. The molecule has 5 atom stereocenters. The van der Waals surface area contributed by atoms with Gasteiger partial charge in [0.05, 0.1) is 6.61 Å². The molecule has 0 amide bonds. The van der Waals surface area contributed by atoms with Gasteiger partial charge in [0, 0.05) is 0 Å². The van der Waals surface area contributed by atoms with E-state index in [1.54, 1.807) is 0 Å². The normalized spacial score (nSPS) is 34.3. The van der Waals surface area contributed by atoms with Crippen molar-refractivity contribution in [3.05, 3.63) is 0 Å². The van der Waals surface area contributed by atoms with Gasteiger partial charge in [-0.05, 0) is 11.8 Å². The van der Waals surface area contributed by atoms with E-state index in [9.17, 15) is 19.4 Å². The van der Waals surface area contributed by atoms with Crippen LogP contribution in [0.2, 0.25) is 0 Å². The number of rotatable bonds is 8. The lowest BCUT2D eigenvalue weighted by atomic mass is 10.1. The molecule has 9 nitrogen and oxygen atoms in total. The third kappa shape index (κ3) is 4.87. The van der Waals surface area contributed by atoms with E-state index in [1.807, 2.05) is 0 Å². The van der Waals surface area contributed by atoms with Gasteiger partial charge in [-0.1, -0.05) is 0 Å². The van der Waals surface area contributed by atoms with Gasteiger partial charge in [0.1, 0.15) is 38.8 Å². The van der Waals surface area contributed by atoms with Crippen molar-refractivity contribution < 1.29 is 42.8 Å². The molecule has 1 fully saturated rings. The van der Waals surface area contributed by atoms with Gasteiger partial charge in [0.15, 0.2) is 6.29 Å². The molecule has 0 spiro atoms. The fourth-order valence-electron chi connectivity index (χ4n) is 1.47. The fraction of sp³-hybridized carbons (Fsp3) is 0.857. The van der Waals surface area contributed by atoms with Crippen molar-refractivity contribution in [1.29, 1.82) is 0 Å². The van der Waals surface area contributed by atoms with Gasteiger partial charge in [-0.2, -0.15) is 0 Å². The Labute approximate surface area is 115 Å². The molecular weight excluding hydrogens is 322 g/mol. The second kappa shape index (κ2) is 7.80. The number of phosphoric ester groups is 1. The number of aldehydes is 1. The van der Waals surface area contributed by atoms with Gasteiger partial charge in [0.2, 0.25) is 0 Å². The number of phosphoric acid groups is 1. The van der Waals surface area contributed by atoms with E-state index in [0.717, 1.165) is 0 Å². The van der Waals surface area contributed by atoms with Crippen molar-refractivity contribution >= 4 is 33.5 Å². The summed E-state index contributed by atoms with van der Waals surface area (Å²) >= 11 is 4.34. The Morgan fingerprint density at radius 1 is 1.53 bits per heavy atom. The van der Waals surface area contributed by atoms with Crippen LogP contribution in [0.5, 0.6) is 0 Å². The third-order valence-electron chi connectivity index (χ3n) is 2.19. The molecule has 3 N–H and O–H groups in total. The highest BCUT2D eigenvalue weighted by molar-refractivity contribution is 7.96. The summed E-state index contributed by atoms with van der Waals surface area (Å²) in [6.07, 6.45) is -4.74. The molecule has 0 saturated carbocycles. The Morgan fingerprint density at radius 3 is 2.74 bits per heavy atom. The Balaban J connectivity index is 2.71. The lowest BCUT2D eigenvalue weighted by Crippen LogP contribution is -2.36. The second-order valence-corrected chi connectivity index (χ2v) is 5.81. The van der Waals surface area contributed by atoms with E-state index < -0.39 is 39.0 Å². The van der Waals surface area contributed by atoms with E-state index >= 15 is 0 Å². The summed E-state index contributed by atoms with van der Waals surface area (Å²) in [5.74, 6) is 0. The molecule has 0 bridgehead atoms. The Bertz CT molecular complexity index is 366. The number of hydrogen-bond donors (Lipinski definition) is 3. The molecule has 1 aliphatic rings. The van der Waals surface area contributed by atoms with Crippen LogP contribution in [-0.4, -0.2) is 59.2 Å². The van der Waals surface area contributed by atoms with E-state index in [2.05, 4.69) is 20.6 Å². The van der Waals surface area contributed by atoms with Gasteiger partial charge < -0.3 is 29.4 Å². The monoisotopic (exact) mass is 334 g/mol. The van der Waals surface area contributed by atoms with E-state index in [0.29, 0.717) is 6.29 Å². The second-order valence-electron chi connectivity index (χ2n) is 3.41. The summed E-state index contributed by atoms with van der Waals surface area (Å²) in [4.78, 5) is 19.4. The van der Waals surface area contributed by atoms with Crippen LogP contribution < -0.4 is 0 Å². The minimum Gasteiger partial charge on any atom is -0.394 e. The first-order valence-corrected chi connectivity index (χ1v) is 8.29. The van der Waals surface area contributed by atoms with Crippen LogP contribution in [0.4, 0.5) is 0 Å². The molecule has 1 aliphatic heterocycles. The van der Waals surface area contributed by atoms with Crippen molar-refractivity contribution in [3.63, 3.8) is 0 Å². The van der Waals surface area contributed by atoms with Crippen molar-refractivity contribution in [3.8, 4) is 0 Å². The lowest BCUT2D eigenvalue weighted by molar-refractivity contribution is -0.169. The SMILES string of the molecule is O=CCOC1OC(CO)C(OP(=O)(O)OP=S)C1O. The summed E-state index contributed by atoms with van der Waals surface area (Å²) in [6.45, 7) is -0.932. The maximum Gasteiger partial charge on any atom is 0.481 e. The van der Waals surface area contributed by atoms with Gasteiger partial charge in [-0.25, -0.2) is 8.88 Å². The first-order valence-electron chi connectivity index (χ1n) is 4.97. The van der Waals surface area contributed by atoms with Gasteiger partial charge in [-0.15, -0.1) is 0 Å². The number of aliphatic hydroxyl groups is 2. The zero-order valence-electron chi connectivity index (χ0n) is 9.39. The lowest BCUT2D eigenvalue weighted by Gasteiger charge is -2.20. The zero-order chi connectivity index (χ0) is 14.5. The molecule has 110 valence electrons. The van der Waals surface area contributed by atoms with Crippen LogP contribution in [0.25, 0.3) is 0 Å². The Hall–Kier alpha value is 0.140. The Kier molecular flexibility index (Phi) is 7.06. The summed E-state index contributed by atoms with van der Waals surface area (Å²) < 4.78 is 30.2. The molecule has 0 aromatic heterocycles. The highest BCUT2D eigenvalue weighted by Gasteiger charge is 2.48. The number of hydrogen-bond acceptors (Lipinski definition) is 9. The molecular formula is C7H12O9P2S. The first kappa shape index (κ1) is 17.2. The van der Waals surface area contributed by atoms with E-state index in [1.165, 1.54) is 0 Å². The van der Waals surface area contributed by atoms with Crippen LogP contribution in [0.15, 0.2) is 0 Å². The molecule has 5 unspecified atom stereocenters. The van der Waals surface area contributed by atoms with Gasteiger partial charge in [-0.3, -0.25) is 4.52 Å². The molecule has 12 heteroatoms. The molecule has 0 aliphatic carbocycles. The minimum absolute atomic E-state index is 0.253. The molecule has 0 aromatic carbocycles. The van der Waals surface area contributed by atoms with Crippen molar-refractivity contribution in [1.82, 2.24) is 0 Å². The smallest absolute Gasteiger partial charge is 0.394 e. The van der Waals surface area contributed by atoms with Crippen molar-refractivity contribution in [2.75, 3.05) is 13.2 Å². The average molecular weight is 334 g/mol. The topological polar surface area (TPSA) is 132 Å². The summed E-state index contributed by atoms with van der Waals surface area (Å²) in [5.41, 5.74) is 0. The molecule has 0 aromatic rings. The number of carbonyl (C=O) groups is 1. The van der Waals surface area contributed by atoms with Crippen LogP contribution >= 0.6 is 15.4 Å². The van der Waals surface area contributed by atoms with Crippen LogP contribution in [0.1, 0.15) is 0 Å². The first-order chi connectivity index (χ1) is 8.95. The standard InChI is InChI=1S/C7H12O9P2S/c8-1-2-13-7-5(10)6(4(3-9)14-7)15-18(11,12)16-17-19/h1,4-7,9-10H,2-3H2,(H,11,12). The summed E-state index contributed by atoms with van der Waals surface area (Å²) in [6, 6.07) is 0. The van der Waals surface area contributed by atoms with Crippen molar-refractivity contribution in [2.45, 2.75) is 24.6 Å². The van der Waals surface area contributed by atoms with Gasteiger partial charge >= 0.3 is 7.82 Å². The van der Waals surface area contributed by atoms with Crippen molar-refractivity contribution in [2.24, 2.45) is 0 Å². The Morgan fingerprint density at radius 2 is 2.21 bits per heavy atom.